The van der Waals surface area contributed by atoms with Crippen molar-refractivity contribution in [1.82, 2.24) is 14.9 Å². The molecule has 1 amide bonds. The highest BCUT2D eigenvalue weighted by Gasteiger charge is 2.49. The predicted molar refractivity (Wildman–Crippen MR) is 133 cm³/mol. The zero-order valence-corrected chi connectivity index (χ0v) is 21.4. The van der Waals surface area contributed by atoms with Gasteiger partial charge < -0.3 is 34.6 Å². The van der Waals surface area contributed by atoms with Crippen molar-refractivity contribution in [3.8, 4) is 11.5 Å². The topological polar surface area (TPSA) is 128 Å². The summed E-state index contributed by atoms with van der Waals surface area (Å²) in [7, 11) is 1.58. The minimum Gasteiger partial charge on any atom is -0.493 e. The number of methoxy groups -OCH3 is 1. The molecule has 2 fully saturated rings. The number of aliphatic hydroxyl groups is 3. The Balaban J connectivity index is 1.55. The minimum atomic E-state index is -1.48. The van der Waals surface area contributed by atoms with Crippen LogP contribution in [0.25, 0.3) is 0 Å². The van der Waals surface area contributed by atoms with Gasteiger partial charge in [-0.15, -0.1) is 0 Å². The number of ether oxygens (including phenoxy) is 2. The van der Waals surface area contributed by atoms with Crippen LogP contribution in [-0.2, 0) is 4.79 Å². The summed E-state index contributed by atoms with van der Waals surface area (Å²) in [5, 5.41) is 30.1. The van der Waals surface area contributed by atoms with Crippen LogP contribution in [0, 0.1) is 5.41 Å². The quantitative estimate of drug-likeness (QED) is 0.473. The molecule has 1 unspecified atom stereocenters. The Hall–Kier alpha value is -2.66. The molecule has 0 saturated carbocycles. The van der Waals surface area contributed by atoms with Gasteiger partial charge in [0.05, 0.1) is 38.8 Å². The van der Waals surface area contributed by atoms with E-state index < -0.39 is 30.1 Å². The average molecular weight is 521 g/mol. The molecule has 1 aromatic heterocycles. The van der Waals surface area contributed by atoms with Crippen molar-refractivity contribution in [2.24, 2.45) is 5.41 Å². The van der Waals surface area contributed by atoms with Crippen LogP contribution < -0.4 is 14.4 Å². The van der Waals surface area contributed by atoms with Crippen molar-refractivity contribution in [2.75, 3.05) is 44.8 Å². The van der Waals surface area contributed by atoms with Crippen molar-refractivity contribution >= 4 is 23.3 Å². The van der Waals surface area contributed by atoms with Gasteiger partial charge in [-0.1, -0.05) is 24.6 Å². The number of hydrogen-bond donors (Lipinski definition) is 3. The lowest BCUT2D eigenvalue weighted by atomic mass is 9.72. The third-order valence-electron chi connectivity index (χ3n) is 7.41. The third-order valence-corrected chi connectivity index (χ3v) is 7.61. The molecule has 2 aliphatic heterocycles. The van der Waals surface area contributed by atoms with Gasteiger partial charge >= 0.3 is 0 Å². The number of benzene rings is 1. The second-order valence-corrected chi connectivity index (χ2v) is 10.1. The SMILES string of the molecule is COc1ccc([C@@H]2CN(C(=O)[C@@H](O)CO)C[C@@]2(C)[C@@H](C)O)cc1OC1CCN(c2cnc(Cl)cn2)C1. The summed E-state index contributed by atoms with van der Waals surface area (Å²) in [6.07, 6.45) is 1.65. The van der Waals surface area contributed by atoms with Crippen LogP contribution in [-0.4, -0.2) is 94.3 Å². The van der Waals surface area contributed by atoms with E-state index in [9.17, 15) is 20.1 Å². The molecule has 11 heteroatoms. The van der Waals surface area contributed by atoms with E-state index in [1.165, 1.54) is 11.1 Å². The number of carbonyl (C=O) groups is 1. The average Bonchev–Trinajstić information content (AvgIpc) is 3.48. The molecule has 1 aromatic carbocycles. The zero-order valence-electron chi connectivity index (χ0n) is 20.7. The van der Waals surface area contributed by atoms with E-state index in [-0.39, 0.29) is 18.6 Å². The molecule has 2 saturated heterocycles. The normalized spacial score (nSPS) is 25.6. The van der Waals surface area contributed by atoms with Gasteiger partial charge in [-0.3, -0.25) is 4.79 Å². The Morgan fingerprint density at radius 1 is 1.25 bits per heavy atom. The maximum atomic E-state index is 12.6. The Morgan fingerprint density at radius 3 is 2.67 bits per heavy atom. The lowest BCUT2D eigenvalue weighted by Gasteiger charge is -2.34. The zero-order chi connectivity index (χ0) is 26.0. The Morgan fingerprint density at radius 2 is 2.03 bits per heavy atom. The fourth-order valence-corrected chi connectivity index (χ4v) is 5.16. The summed E-state index contributed by atoms with van der Waals surface area (Å²) in [6.45, 7) is 4.93. The number of halogens is 1. The van der Waals surface area contributed by atoms with Crippen LogP contribution in [0.2, 0.25) is 5.15 Å². The van der Waals surface area contributed by atoms with Crippen LogP contribution in [0.4, 0.5) is 5.82 Å². The first-order valence-corrected chi connectivity index (χ1v) is 12.4. The summed E-state index contributed by atoms with van der Waals surface area (Å²) >= 11 is 5.85. The number of nitrogens with zero attached hydrogens (tertiary/aromatic N) is 4. The van der Waals surface area contributed by atoms with Crippen molar-refractivity contribution in [3.05, 3.63) is 41.3 Å². The summed E-state index contributed by atoms with van der Waals surface area (Å²) < 4.78 is 11.9. The van der Waals surface area contributed by atoms with Crippen LogP contribution in [0.5, 0.6) is 11.5 Å². The Bertz CT molecular complexity index is 1070. The number of carbonyl (C=O) groups excluding carboxylic acids is 1. The van der Waals surface area contributed by atoms with E-state index in [0.29, 0.717) is 29.7 Å². The van der Waals surface area contributed by atoms with Crippen LogP contribution in [0.15, 0.2) is 30.6 Å². The molecule has 196 valence electrons. The van der Waals surface area contributed by atoms with E-state index in [1.54, 1.807) is 20.2 Å². The van der Waals surface area contributed by atoms with E-state index in [1.807, 2.05) is 25.1 Å². The highest BCUT2D eigenvalue weighted by Crippen LogP contribution is 2.47. The smallest absolute Gasteiger partial charge is 0.253 e. The molecule has 2 aliphatic rings. The molecular weight excluding hydrogens is 488 g/mol. The summed E-state index contributed by atoms with van der Waals surface area (Å²) in [5.74, 6) is 1.14. The summed E-state index contributed by atoms with van der Waals surface area (Å²) in [6, 6.07) is 5.65. The summed E-state index contributed by atoms with van der Waals surface area (Å²) in [5.41, 5.74) is 0.232. The van der Waals surface area contributed by atoms with Crippen molar-refractivity contribution in [2.45, 2.75) is 44.5 Å². The second kappa shape index (κ2) is 10.8. The molecule has 36 heavy (non-hydrogen) atoms. The van der Waals surface area contributed by atoms with Gasteiger partial charge in [-0.05, 0) is 24.6 Å². The van der Waals surface area contributed by atoms with E-state index in [4.69, 9.17) is 21.1 Å². The summed E-state index contributed by atoms with van der Waals surface area (Å²) in [4.78, 5) is 24.6. The van der Waals surface area contributed by atoms with Gasteiger partial charge in [0.25, 0.3) is 5.91 Å². The van der Waals surface area contributed by atoms with Gasteiger partial charge in [-0.2, -0.15) is 0 Å². The predicted octanol–water partition coefficient (Wildman–Crippen LogP) is 1.46. The van der Waals surface area contributed by atoms with Gasteiger partial charge in [-0.25, -0.2) is 9.97 Å². The number of aromatic nitrogens is 2. The monoisotopic (exact) mass is 520 g/mol. The number of aliphatic hydroxyl groups excluding tert-OH is 3. The number of hydrogen-bond acceptors (Lipinski definition) is 9. The minimum absolute atomic E-state index is 0.101. The number of amides is 1. The fourth-order valence-electron chi connectivity index (χ4n) is 5.06. The molecule has 10 nitrogen and oxygen atoms in total. The van der Waals surface area contributed by atoms with Crippen molar-refractivity contribution in [1.29, 1.82) is 0 Å². The first-order chi connectivity index (χ1) is 17.2. The molecular formula is C25H33ClN4O6. The first-order valence-electron chi connectivity index (χ1n) is 12.0. The van der Waals surface area contributed by atoms with Gasteiger partial charge in [0, 0.05) is 37.4 Å². The Labute approximate surface area is 215 Å². The molecule has 0 bridgehead atoms. The van der Waals surface area contributed by atoms with Crippen LogP contribution in [0.1, 0.15) is 31.7 Å². The number of anilines is 1. The van der Waals surface area contributed by atoms with Crippen molar-refractivity contribution in [3.63, 3.8) is 0 Å². The van der Waals surface area contributed by atoms with Gasteiger partial charge in [0.2, 0.25) is 0 Å². The number of likely N-dealkylation sites (tertiary alicyclic amines) is 1. The molecule has 0 aliphatic carbocycles. The molecule has 4 rings (SSSR count). The molecule has 0 spiro atoms. The second-order valence-electron chi connectivity index (χ2n) is 9.73. The van der Waals surface area contributed by atoms with E-state index in [0.717, 1.165) is 24.3 Å². The van der Waals surface area contributed by atoms with E-state index in [2.05, 4.69) is 14.9 Å². The Kier molecular flexibility index (Phi) is 7.89. The molecule has 0 radical (unpaired) electrons. The fraction of sp³-hybridized carbons (Fsp3) is 0.560. The lowest BCUT2D eigenvalue weighted by molar-refractivity contribution is -0.141. The first kappa shape index (κ1) is 26.4. The molecule has 3 N–H and O–H groups in total. The highest BCUT2D eigenvalue weighted by atomic mass is 35.5. The molecule has 2 aromatic rings. The third kappa shape index (κ3) is 5.22. The standard InChI is InChI=1S/C25H33ClN4O6/c1-15(32)25(2)14-30(24(34)19(33)13-31)12-18(25)16-4-5-20(35-3)21(8-16)36-17-6-7-29(11-17)23-10-27-22(26)9-28-23/h4-5,8-10,15,17-19,31-33H,6-7,11-14H2,1-3H3/t15-,17?,18+,19+,25+/m1/s1. The number of rotatable bonds is 8. The highest BCUT2D eigenvalue weighted by molar-refractivity contribution is 6.29. The van der Waals surface area contributed by atoms with Crippen LogP contribution in [0.3, 0.4) is 0 Å². The van der Waals surface area contributed by atoms with Crippen molar-refractivity contribution < 1.29 is 29.6 Å². The molecule has 5 atom stereocenters. The van der Waals surface area contributed by atoms with Gasteiger partial charge in [0.15, 0.2) is 17.6 Å². The largest absolute Gasteiger partial charge is 0.493 e. The van der Waals surface area contributed by atoms with Crippen LogP contribution >= 0.6 is 11.6 Å². The maximum Gasteiger partial charge on any atom is 0.253 e. The molecule has 3 heterocycles. The lowest BCUT2D eigenvalue weighted by Crippen LogP contribution is -2.42. The van der Waals surface area contributed by atoms with Gasteiger partial charge in [0.1, 0.15) is 17.1 Å². The van der Waals surface area contributed by atoms with E-state index >= 15 is 0 Å². The maximum absolute atomic E-state index is 12.6.